The van der Waals surface area contributed by atoms with E-state index in [-0.39, 0.29) is 6.10 Å². The maximum Gasteiger partial charge on any atom is 0.0603 e. The highest BCUT2D eigenvalue weighted by Crippen LogP contribution is 2.14. The van der Waals surface area contributed by atoms with Gasteiger partial charge in [0, 0.05) is 4.47 Å². The Morgan fingerprint density at radius 1 is 1.23 bits per heavy atom. The van der Waals surface area contributed by atoms with E-state index in [9.17, 15) is 5.11 Å². The molecule has 1 aromatic rings. The Kier molecular flexibility index (Phi) is 3.94. The van der Waals surface area contributed by atoms with Crippen LogP contribution in [0.2, 0.25) is 0 Å². The minimum atomic E-state index is -0.235. The lowest BCUT2D eigenvalue weighted by Crippen LogP contribution is -2.17. The summed E-state index contributed by atoms with van der Waals surface area (Å²) < 4.78 is 1.08. The molecule has 0 spiro atoms. The van der Waals surface area contributed by atoms with Gasteiger partial charge in [0.15, 0.2) is 0 Å². The lowest BCUT2D eigenvalue weighted by atomic mass is 9.99. The summed E-state index contributed by atoms with van der Waals surface area (Å²) in [6.45, 7) is 4.06. The molecule has 1 N–H and O–H groups in total. The number of aliphatic hydroxyl groups excluding tert-OH is 1. The lowest BCUT2D eigenvalue weighted by Gasteiger charge is -2.13. The van der Waals surface area contributed by atoms with Gasteiger partial charge in [-0.05, 0) is 30.0 Å². The molecule has 2 heteroatoms. The SMILES string of the molecule is CC(C)C(O)Cc1ccc(Br)cc1. The lowest BCUT2D eigenvalue weighted by molar-refractivity contribution is 0.126. The summed E-state index contributed by atoms with van der Waals surface area (Å²) in [6.07, 6.45) is 0.506. The zero-order valence-corrected chi connectivity index (χ0v) is 9.58. The van der Waals surface area contributed by atoms with Gasteiger partial charge < -0.3 is 5.11 Å². The first kappa shape index (κ1) is 10.7. The largest absolute Gasteiger partial charge is 0.393 e. The molecule has 1 atom stereocenters. The third-order valence-electron chi connectivity index (χ3n) is 2.13. The van der Waals surface area contributed by atoms with Gasteiger partial charge in [0.2, 0.25) is 0 Å². The van der Waals surface area contributed by atoms with Crippen molar-refractivity contribution in [1.82, 2.24) is 0 Å². The van der Waals surface area contributed by atoms with Gasteiger partial charge in [-0.2, -0.15) is 0 Å². The van der Waals surface area contributed by atoms with Crippen LogP contribution in [0.1, 0.15) is 19.4 Å². The zero-order valence-electron chi connectivity index (χ0n) is 8.00. The summed E-state index contributed by atoms with van der Waals surface area (Å²) in [7, 11) is 0. The van der Waals surface area contributed by atoms with Gasteiger partial charge in [0.1, 0.15) is 0 Å². The minimum absolute atomic E-state index is 0.235. The topological polar surface area (TPSA) is 20.2 Å². The number of aliphatic hydroxyl groups is 1. The van der Waals surface area contributed by atoms with Gasteiger partial charge in [0.25, 0.3) is 0 Å². The highest BCUT2D eigenvalue weighted by molar-refractivity contribution is 9.10. The minimum Gasteiger partial charge on any atom is -0.393 e. The first-order chi connectivity index (χ1) is 6.09. The number of rotatable bonds is 3. The summed E-state index contributed by atoms with van der Waals surface area (Å²) in [5.41, 5.74) is 1.18. The van der Waals surface area contributed by atoms with Crippen LogP contribution in [0.5, 0.6) is 0 Å². The van der Waals surface area contributed by atoms with Crippen LogP contribution in [-0.4, -0.2) is 11.2 Å². The van der Waals surface area contributed by atoms with Crippen LogP contribution >= 0.6 is 15.9 Å². The van der Waals surface area contributed by atoms with E-state index in [0.717, 1.165) is 10.9 Å². The van der Waals surface area contributed by atoms with Crippen LogP contribution in [-0.2, 0) is 6.42 Å². The fourth-order valence-electron chi connectivity index (χ4n) is 1.10. The molecule has 72 valence electrons. The first-order valence-corrected chi connectivity index (χ1v) is 5.31. The molecule has 0 bridgehead atoms. The Hall–Kier alpha value is -0.340. The second-order valence-corrected chi connectivity index (χ2v) is 4.56. The molecular formula is C11H15BrO. The van der Waals surface area contributed by atoms with Crippen LogP contribution in [0.4, 0.5) is 0 Å². The molecule has 0 aliphatic heterocycles. The number of hydrogen-bond donors (Lipinski definition) is 1. The molecular weight excluding hydrogens is 228 g/mol. The predicted octanol–water partition coefficient (Wildman–Crippen LogP) is 3.01. The van der Waals surface area contributed by atoms with E-state index >= 15 is 0 Å². The molecule has 0 heterocycles. The Morgan fingerprint density at radius 2 is 1.77 bits per heavy atom. The normalized spacial score (nSPS) is 13.3. The van der Waals surface area contributed by atoms with Crippen molar-refractivity contribution >= 4 is 15.9 Å². The highest BCUT2D eigenvalue weighted by Gasteiger charge is 2.09. The van der Waals surface area contributed by atoms with E-state index in [1.807, 2.05) is 38.1 Å². The fraction of sp³-hybridized carbons (Fsp3) is 0.455. The molecule has 0 saturated carbocycles. The third-order valence-corrected chi connectivity index (χ3v) is 2.66. The van der Waals surface area contributed by atoms with Crippen molar-refractivity contribution in [3.63, 3.8) is 0 Å². The van der Waals surface area contributed by atoms with E-state index < -0.39 is 0 Å². The molecule has 0 aliphatic rings. The summed E-state index contributed by atoms with van der Waals surface area (Å²) in [6, 6.07) is 8.08. The average molecular weight is 243 g/mol. The fourth-order valence-corrected chi connectivity index (χ4v) is 1.36. The van der Waals surface area contributed by atoms with Crippen molar-refractivity contribution in [2.75, 3.05) is 0 Å². The van der Waals surface area contributed by atoms with Crippen LogP contribution in [0.25, 0.3) is 0 Å². The van der Waals surface area contributed by atoms with Crippen LogP contribution in [0, 0.1) is 5.92 Å². The van der Waals surface area contributed by atoms with E-state index in [2.05, 4.69) is 15.9 Å². The van der Waals surface area contributed by atoms with E-state index in [0.29, 0.717) is 5.92 Å². The Bertz CT molecular complexity index is 253. The van der Waals surface area contributed by atoms with Crippen molar-refractivity contribution in [3.8, 4) is 0 Å². The maximum absolute atomic E-state index is 9.64. The van der Waals surface area contributed by atoms with Crippen LogP contribution in [0.15, 0.2) is 28.7 Å². The number of benzene rings is 1. The van der Waals surface area contributed by atoms with Crippen molar-refractivity contribution in [1.29, 1.82) is 0 Å². The molecule has 0 saturated heterocycles. The Morgan fingerprint density at radius 3 is 2.23 bits per heavy atom. The predicted molar refractivity (Wildman–Crippen MR) is 58.7 cm³/mol. The standard InChI is InChI=1S/C11H15BrO/c1-8(2)11(13)7-9-3-5-10(12)6-4-9/h3-6,8,11,13H,7H2,1-2H3. The first-order valence-electron chi connectivity index (χ1n) is 4.52. The summed E-state index contributed by atoms with van der Waals surface area (Å²) >= 11 is 3.38. The quantitative estimate of drug-likeness (QED) is 0.865. The van der Waals surface area contributed by atoms with Gasteiger partial charge in [0.05, 0.1) is 6.10 Å². The highest BCUT2D eigenvalue weighted by atomic mass is 79.9. The summed E-state index contributed by atoms with van der Waals surface area (Å²) in [5.74, 6) is 0.323. The van der Waals surface area contributed by atoms with Crippen molar-refractivity contribution in [2.45, 2.75) is 26.4 Å². The average Bonchev–Trinajstić information content (AvgIpc) is 2.08. The van der Waals surface area contributed by atoms with E-state index in [1.165, 1.54) is 5.56 Å². The summed E-state index contributed by atoms with van der Waals surface area (Å²) in [4.78, 5) is 0. The van der Waals surface area contributed by atoms with Gasteiger partial charge in [-0.25, -0.2) is 0 Å². The second kappa shape index (κ2) is 4.77. The van der Waals surface area contributed by atoms with Crippen molar-refractivity contribution in [3.05, 3.63) is 34.3 Å². The molecule has 0 fully saturated rings. The maximum atomic E-state index is 9.64. The molecule has 0 aliphatic carbocycles. The molecule has 0 amide bonds. The molecule has 0 radical (unpaired) electrons. The van der Waals surface area contributed by atoms with E-state index in [4.69, 9.17) is 0 Å². The zero-order chi connectivity index (χ0) is 9.84. The Balaban J connectivity index is 2.59. The molecule has 13 heavy (non-hydrogen) atoms. The van der Waals surface area contributed by atoms with E-state index in [1.54, 1.807) is 0 Å². The van der Waals surface area contributed by atoms with Gasteiger partial charge in [-0.3, -0.25) is 0 Å². The third kappa shape index (κ3) is 3.49. The molecule has 1 unspecified atom stereocenters. The van der Waals surface area contributed by atoms with Gasteiger partial charge in [-0.1, -0.05) is 41.9 Å². The van der Waals surface area contributed by atoms with Gasteiger partial charge in [-0.15, -0.1) is 0 Å². The smallest absolute Gasteiger partial charge is 0.0603 e. The van der Waals surface area contributed by atoms with Crippen molar-refractivity contribution < 1.29 is 5.11 Å². The number of halogens is 1. The number of hydrogen-bond acceptors (Lipinski definition) is 1. The van der Waals surface area contributed by atoms with Crippen LogP contribution < -0.4 is 0 Å². The van der Waals surface area contributed by atoms with Crippen molar-refractivity contribution in [2.24, 2.45) is 5.92 Å². The molecule has 1 nitrogen and oxygen atoms in total. The monoisotopic (exact) mass is 242 g/mol. The molecule has 1 aromatic carbocycles. The summed E-state index contributed by atoms with van der Waals surface area (Å²) in [5, 5.41) is 9.64. The molecule has 1 rings (SSSR count). The Labute approximate surface area is 87.9 Å². The molecule has 0 aromatic heterocycles. The second-order valence-electron chi connectivity index (χ2n) is 3.64. The van der Waals surface area contributed by atoms with Crippen LogP contribution in [0.3, 0.4) is 0 Å². The van der Waals surface area contributed by atoms with Gasteiger partial charge >= 0.3 is 0 Å².